The van der Waals surface area contributed by atoms with Gasteiger partial charge in [-0.3, -0.25) is 19.2 Å². The summed E-state index contributed by atoms with van der Waals surface area (Å²) in [4.78, 5) is 54.4. The molecule has 0 aromatic heterocycles. The number of hydrogen-bond acceptors (Lipinski definition) is 8. The highest BCUT2D eigenvalue weighted by Gasteiger charge is 2.25. The number of carboxylic acids is 2. The van der Waals surface area contributed by atoms with Crippen molar-refractivity contribution in [3.05, 3.63) is 0 Å². The summed E-state index contributed by atoms with van der Waals surface area (Å²) in [6.45, 7) is 1.72. The number of nitrogens with one attached hydrogen (secondary N) is 2. The van der Waals surface area contributed by atoms with Crippen molar-refractivity contribution in [1.29, 1.82) is 0 Å². The van der Waals surface area contributed by atoms with Gasteiger partial charge in [-0.15, -0.1) is 0 Å². The molecule has 13 heteroatoms. The molecule has 8 N–H and O–H groups in total. The van der Waals surface area contributed by atoms with Crippen molar-refractivity contribution in [2.24, 2.45) is 11.5 Å². The van der Waals surface area contributed by atoms with E-state index in [1.165, 1.54) is 0 Å². The molecule has 0 aliphatic heterocycles. The molecule has 3 unspecified atom stereocenters. The third-order valence-corrected chi connectivity index (χ3v) is 3.71. The first-order chi connectivity index (χ1) is 12.5. The molecule has 0 saturated carbocycles. The third kappa shape index (κ3) is 13.8. The summed E-state index contributed by atoms with van der Waals surface area (Å²) >= 11 is 7.71. The van der Waals surface area contributed by atoms with E-state index in [-0.39, 0.29) is 30.3 Å². The molecular formula is C14H26N4O7S2. The van der Waals surface area contributed by atoms with Gasteiger partial charge in [0.05, 0.1) is 0 Å². The van der Waals surface area contributed by atoms with Crippen molar-refractivity contribution in [2.45, 2.75) is 44.3 Å². The van der Waals surface area contributed by atoms with Gasteiger partial charge in [0.1, 0.15) is 18.1 Å². The smallest absolute Gasteiger partial charge is 0.327 e. The Morgan fingerprint density at radius 2 is 1.44 bits per heavy atom. The predicted octanol–water partition coefficient (Wildman–Crippen LogP) is -2.03. The standard InChI is InChI=1S/C11H19N3O6S2.C3H7NO/c12-5(10(17)18)1-2-8(15)13-6(3-21)9(16)14-7(4-22)11(19)20;1-2-3(4)5/h5-7,21-22H,1-4,12H2,(H,13,15)(H,14,16)(H,17,18)(H,19,20);2H2,1H3,(H2,4,5). The van der Waals surface area contributed by atoms with Crippen LogP contribution in [0.5, 0.6) is 0 Å². The number of rotatable bonds is 11. The van der Waals surface area contributed by atoms with Crippen LogP contribution < -0.4 is 22.1 Å². The van der Waals surface area contributed by atoms with E-state index in [1.807, 2.05) is 0 Å². The lowest BCUT2D eigenvalue weighted by Crippen LogP contribution is -2.53. The first kappa shape index (κ1) is 27.2. The van der Waals surface area contributed by atoms with Crippen molar-refractivity contribution in [3.8, 4) is 0 Å². The van der Waals surface area contributed by atoms with Crippen molar-refractivity contribution in [1.82, 2.24) is 10.6 Å². The van der Waals surface area contributed by atoms with E-state index in [9.17, 15) is 24.0 Å². The molecular weight excluding hydrogens is 400 g/mol. The molecule has 0 aromatic rings. The lowest BCUT2D eigenvalue weighted by atomic mass is 10.1. The zero-order valence-electron chi connectivity index (χ0n) is 14.8. The maximum absolute atomic E-state index is 11.8. The Bertz CT molecular complexity index is 534. The Morgan fingerprint density at radius 1 is 0.963 bits per heavy atom. The van der Waals surface area contributed by atoms with E-state index in [1.54, 1.807) is 6.92 Å². The first-order valence-corrected chi connectivity index (χ1v) is 9.07. The van der Waals surface area contributed by atoms with Crippen LogP contribution in [0.4, 0.5) is 0 Å². The molecule has 0 spiro atoms. The second kappa shape index (κ2) is 15.1. The van der Waals surface area contributed by atoms with Crippen molar-refractivity contribution in [3.63, 3.8) is 0 Å². The average molecular weight is 427 g/mol. The molecule has 27 heavy (non-hydrogen) atoms. The summed E-state index contributed by atoms with van der Waals surface area (Å²) in [6.07, 6.45) is 0.177. The molecule has 3 amide bonds. The number of amides is 3. The first-order valence-electron chi connectivity index (χ1n) is 7.80. The Labute approximate surface area is 167 Å². The van der Waals surface area contributed by atoms with Gasteiger partial charge in [0, 0.05) is 24.3 Å². The van der Waals surface area contributed by atoms with Gasteiger partial charge in [-0.25, -0.2) is 4.79 Å². The Kier molecular flexibility index (Phi) is 15.2. The van der Waals surface area contributed by atoms with Crippen LogP contribution in [0.25, 0.3) is 0 Å². The van der Waals surface area contributed by atoms with E-state index in [4.69, 9.17) is 15.9 Å². The van der Waals surface area contributed by atoms with Crippen LogP contribution in [0.15, 0.2) is 0 Å². The monoisotopic (exact) mass is 426 g/mol. The zero-order chi connectivity index (χ0) is 21.6. The van der Waals surface area contributed by atoms with Crippen molar-refractivity contribution < 1.29 is 34.2 Å². The maximum atomic E-state index is 11.8. The molecule has 11 nitrogen and oxygen atoms in total. The second-order valence-corrected chi connectivity index (χ2v) is 5.92. The van der Waals surface area contributed by atoms with E-state index in [0.29, 0.717) is 6.42 Å². The van der Waals surface area contributed by atoms with Crippen molar-refractivity contribution >= 4 is 54.9 Å². The van der Waals surface area contributed by atoms with Crippen LogP contribution >= 0.6 is 25.3 Å². The van der Waals surface area contributed by atoms with E-state index >= 15 is 0 Å². The van der Waals surface area contributed by atoms with Gasteiger partial charge in [-0.2, -0.15) is 25.3 Å². The Morgan fingerprint density at radius 3 is 1.78 bits per heavy atom. The molecule has 0 fully saturated rings. The molecule has 0 aliphatic rings. The molecule has 3 atom stereocenters. The van der Waals surface area contributed by atoms with Gasteiger partial charge < -0.3 is 32.3 Å². The van der Waals surface area contributed by atoms with Crippen LogP contribution in [0, 0.1) is 0 Å². The summed E-state index contributed by atoms with van der Waals surface area (Å²) in [7, 11) is 0. The fraction of sp³-hybridized carbons (Fsp3) is 0.643. The van der Waals surface area contributed by atoms with E-state index < -0.39 is 41.9 Å². The maximum Gasteiger partial charge on any atom is 0.327 e. The van der Waals surface area contributed by atoms with Gasteiger partial charge in [-0.1, -0.05) is 6.92 Å². The molecule has 0 aromatic carbocycles. The van der Waals surface area contributed by atoms with E-state index in [0.717, 1.165) is 0 Å². The minimum atomic E-state index is -1.25. The number of thiol groups is 2. The molecule has 0 aliphatic carbocycles. The molecule has 0 saturated heterocycles. The molecule has 0 heterocycles. The highest BCUT2D eigenvalue weighted by Crippen LogP contribution is 1.98. The van der Waals surface area contributed by atoms with Crippen molar-refractivity contribution in [2.75, 3.05) is 11.5 Å². The predicted molar refractivity (Wildman–Crippen MR) is 104 cm³/mol. The van der Waals surface area contributed by atoms with Crippen LogP contribution in [0.2, 0.25) is 0 Å². The van der Waals surface area contributed by atoms with E-state index in [2.05, 4.69) is 41.6 Å². The van der Waals surface area contributed by atoms with Gasteiger partial charge in [-0.05, 0) is 6.42 Å². The number of primary amides is 1. The molecule has 0 rings (SSSR count). The average Bonchev–Trinajstić information content (AvgIpc) is 2.61. The minimum absolute atomic E-state index is 0.0541. The number of nitrogens with two attached hydrogens (primary N) is 2. The lowest BCUT2D eigenvalue weighted by Gasteiger charge is -2.19. The van der Waals surface area contributed by atoms with Gasteiger partial charge in [0.15, 0.2) is 0 Å². The molecule has 156 valence electrons. The number of carboxylic acid groups (broad SMARTS) is 2. The highest BCUT2D eigenvalue weighted by molar-refractivity contribution is 7.80. The number of hydrogen-bond donors (Lipinski definition) is 8. The normalized spacial score (nSPS) is 13.2. The SMILES string of the molecule is CCC(N)=O.NC(CCC(=O)NC(CS)C(=O)NC(CS)C(=O)O)C(=O)O. The Balaban J connectivity index is 0. The topological polar surface area (TPSA) is 202 Å². The van der Waals surface area contributed by atoms with Gasteiger partial charge in [0.2, 0.25) is 17.7 Å². The third-order valence-electron chi connectivity index (χ3n) is 2.98. The molecule has 0 bridgehead atoms. The van der Waals surface area contributed by atoms with Crippen LogP contribution in [0.3, 0.4) is 0 Å². The van der Waals surface area contributed by atoms with Crippen LogP contribution in [-0.4, -0.2) is 69.5 Å². The van der Waals surface area contributed by atoms with Crippen LogP contribution in [-0.2, 0) is 24.0 Å². The number of carbonyl (C=O) groups excluding carboxylic acids is 3. The second-order valence-electron chi connectivity index (χ2n) is 5.19. The van der Waals surface area contributed by atoms with Gasteiger partial charge in [0.25, 0.3) is 0 Å². The zero-order valence-corrected chi connectivity index (χ0v) is 16.5. The fourth-order valence-electron chi connectivity index (χ4n) is 1.33. The Hall–Kier alpha value is -1.99. The molecule has 0 radical (unpaired) electrons. The quantitative estimate of drug-likeness (QED) is 0.173. The number of aliphatic carboxylic acids is 2. The summed E-state index contributed by atoms with van der Waals surface area (Å²) in [5.74, 6) is -4.18. The lowest BCUT2D eigenvalue weighted by molar-refractivity contribution is -0.141. The van der Waals surface area contributed by atoms with Crippen LogP contribution in [0.1, 0.15) is 26.2 Å². The number of carbonyl (C=O) groups is 5. The highest BCUT2D eigenvalue weighted by atomic mass is 32.1. The summed E-state index contributed by atoms with van der Waals surface area (Å²) in [5, 5.41) is 22.0. The summed E-state index contributed by atoms with van der Waals surface area (Å²) in [6, 6.07) is -3.40. The summed E-state index contributed by atoms with van der Waals surface area (Å²) < 4.78 is 0. The minimum Gasteiger partial charge on any atom is -0.480 e. The van der Waals surface area contributed by atoms with Gasteiger partial charge >= 0.3 is 11.9 Å². The largest absolute Gasteiger partial charge is 0.480 e. The fourth-order valence-corrected chi connectivity index (χ4v) is 1.83. The summed E-state index contributed by atoms with van der Waals surface area (Å²) in [5.41, 5.74) is 9.91.